The van der Waals surface area contributed by atoms with Crippen LogP contribution in [0.3, 0.4) is 0 Å². The molecule has 0 aromatic heterocycles. The molecule has 0 saturated heterocycles. The summed E-state index contributed by atoms with van der Waals surface area (Å²) < 4.78 is 0. The molecule has 1 aliphatic carbocycles. The molecule has 2 heteroatoms. The van der Waals surface area contributed by atoms with Crippen molar-refractivity contribution >= 4 is 5.91 Å². The maximum absolute atomic E-state index is 12.8. The summed E-state index contributed by atoms with van der Waals surface area (Å²) in [7, 11) is 0. The molecule has 1 aliphatic rings. The van der Waals surface area contributed by atoms with Crippen LogP contribution in [0.5, 0.6) is 0 Å². The quantitative estimate of drug-likeness (QED) is 0.301. The van der Waals surface area contributed by atoms with Gasteiger partial charge in [-0.1, -0.05) is 104 Å². The highest BCUT2D eigenvalue weighted by atomic mass is 16.1. The number of carbonyl (C=O) groups is 1. The van der Waals surface area contributed by atoms with Gasteiger partial charge in [0.15, 0.2) is 0 Å². The Morgan fingerprint density at radius 1 is 0.808 bits per heavy atom. The van der Waals surface area contributed by atoms with Crippen LogP contribution in [-0.4, -0.2) is 11.9 Å². The number of unbranched alkanes of at least 4 members (excludes halogenated alkanes) is 4. The second-order valence-corrected chi connectivity index (χ2v) is 8.74. The highest BCUT2D eigenvalue weighted by molar-refractivity contribution is 5.78. The largest absolute Gasteiger partial charge is 0.353 e. The third kappa shape index (κ3) is 10.6. The molecule has 26 heavy (non-hydrogen) atoms. The lowest BCUT2D eigenvalue weighted by Crippen LogP contribution is -2.40. The molecule has 0 aromatic carbocycles. The average molecular weight is 366 g/mol. The summed E-state index contributed by atoms with van der Waals surface area (Å²) in [6, 6.07) is 0.462. The van der Waals surface area contributed by atoms with E-state index < -0.39 is 0 Å². The highest BCUT2D eigenvalue weighted by Gasteiger charge is 2.22. The van der Waals surface area contributed by atoms with Gasteiger partial charge in [0, 0.05) is 12.0 Å². The van der Waals surface area contributed by atoms with E-state index in [2.05, 4.69) is 26.1 Å². The molecule has 154 valence electrons. The molecule has 0 heterocycles. The van der Waals surface area contributed by atoms with E-state index in [1.807, 2.05) is 0 Å². The fraction of sp³-hybridized carbons (Fsp3) is 0.958. The second-order valence-electron chi connectivity index (χ2n) is 8.74. The Bertz CT molecular complexity index is 335. The van der Waals surface area contributed by atoms with Crippen LogP contribution in [-0.2, 0) is 4.79 Å². The Morgan fingerprint density at radius 3 is 2.00 bits per heavy atom. The molecule has 1 rings (SSSR count). The van der Waals surface area contributed by atoms with Gasteiger partial charge in [0.05, 0.1) is 0 Å². The molecule has 2 atom stereocenters. The molecular formula is C24H47NO. The van der Waals surface area contributed by atoms with Crippen LogP contribution in [0.2, 0.25) is 0 Å². The smallest absolute Gasteiger partial charge is 0.223 e. The maximum atomic E-state index is 12.8. The van der Waals surface area contributed by atoms with Crippen molar-refractivity contribution in [3.05, 3.63) is 0 Å². The van der Waals surface area contributed by atoms with Crippen LogP contribution in [0.1, 0.15) is 130 Å². The lowest BCUT2D eigenvalue weighted by Gasteiger charge is -2.26. The maximum Gasteiger partial charge on any atom is 0.223 e. The Labute approximate surface area is 164 Å². The van der Waals surface area contributed by atoms with Gasteiger partial charge in [-0.05, 0) is 31.6 Å². The van der Waals surface area contributed by atoms with Crippen molar-refractivity contribution in [2.45, 2.75) is 136 Å². The Balaban J connectivity index is 2.34. The van der Waals surface area contributed by atoms with E-state index in [1.165, 1.54) is 96.3 Å². The van der Waals surface area contributed by atoms with E-state index >= 15 is 0 Å². The van der Waals surface area contributed by atoms with Crippen LogP contribution in [0.4, 0.5) is 0 Å². The predicted molar refractivity (Wildman–Crippen MR) is 114 cm³/mol. The first kappa shape index (κ1) is 23.5. The van der Waals surface area contributed by atoms with Gasteiger partial charge in [-0.3, -0.25) is 4.79 Å². The van der Waals surface area contributed by atoms with Crippen molar-refractivity contribution in [2.24, 2.45) is 11.8 Å². The highest BCUT2D eigenvalue weighted by Crippen LogP contribution is 2.24. The normalized spacial score (nSPS) is 17.8. The van der Waals surface area contributed by atoms with E-state index in [4.69, 9.17) is 0 Å². The third-order valence-electron chi connectivity index (χ3n) is 6.44. The minimum atomic E-state index is 0.263. The van der Waals surface area contributed by atoms with E-state index in [1.54, 1.807) is 0 Å². The van der Waals surface area contributed by atoms with Gasteiger partial charge in [0.25, 0.3) is 0 Å². The van der Waals surface area contributed by atoms with Gasteiger partial charge in [-0.2, -0.15) is 0 Å². The monoisotopic (exact) mass is 365 g/mol. The number of hydrogen-bond acceptors (Lipinski definition) is 1. The summed E-state index contributed by atoms with van der Waals surface area (Å²) in [5.41, 5.74) is 0. The minimum Gasteiger partial charge on any atom is -0.353 e. The van der Waals surface area contributed by atoms with E-state index in [0.29, 0.717) is 11.9 Å². The van der Waals surface area contributed by atoms with Gasteiger partial charge in [0.1, 0.15) is 0 Å². The van der Waals surface area contributed by atoms with Gasteiger partial charge in [-0.25, -0.2) is 0 Å². The van der Waals surface area contributed by atoms with Gasteiger partial charge in [-0.15, -0.1) is 0 Å². The topological polar surface area (TPSA) is 29.1 Å². The molecule has 0 aliphatic heterocycles. The molecule has 1 saturated carbocycles. The standard InChI is InChI=1S/C24H47NO/c1-4-7-10-17-22(24(26)25-23-19-11-9-12-20-23)18-14-13-16-21(6-3)15-8-5-2/h21-23H,4-20H2,1-3H3,(H,25,26)/t21-,22+/m0/s1. The summed E-state index contributed by atoms with van der Waals surface area (Å²) in [4.78, 5) is 12.8. The fourth-order valence-corrected chi connectivity index (χ4v) is 4.48. The van der Waals surface area contributed by atoms with Crippen molar-refractivity contribution < 1.29 is 4.79 Å². The molecule has 0 unspecified atom stereocenters. The van der Waals surface area contributed by atoms with Crippen molar-refractivity contribution in [2.75, 3.05) is 0 Å². The molecule has 1 N–H and O–H groups in total. The molecule has 1 amide bonds. The number of rotatable bonds is 15. The van der Waals surface area contributed by atoms with Crippen molar-refractivity contribution in [1.29, 1.82) is 0 Å². The Morgan fingerprint density at radius 2 is 1.38 bits per heavy atom. The van der Waals surface area contributed by atoms with Crippen LogP contribution in [0.25, 0.3) is 0 Å². The SMILES string of the molecule is CCCCC[C@H](CCCC[C@@H](CC)CCCC)C(=O)NC1CCCCC1. The summed E-state index contributed by atoms with van der Waals surface area (Å²) in [6.07, 6.45) is 21.6. The molecule has 0 radical (unpaired) electrons. The van der Waals surface area contributed by atoms with Gasteiger partial charge >= 0.3 is 0 Å². The zero-order valence-electron chi connectivity index (χ0n) is 18.2. The number of nitrogens with one attached hydrogen (secondary N) is 1. The van der Waals surface area contributed by atoms with E-state index in [-0.39, 0.29) is 5.92 Å². The van der Waals surface area contributed by atoms with Crippen molar-refractivity contribution in [3.8, 4) is 0 Å². The average Bonchev–Trinajstić information content (AvgIpc) is 2.66. The third-order valence-corrected chi connectivity index (χ3v) is 6.44. The number of carbonyl (C=O) groups excluding carboxylic acids is 1. The van der Waals surface area contributed by atoms with Crippen LogP contribution < -0.4 is 5.32 Å². The zero-order chi connectivity index (χ0) is 19.0. The van der Waals surface area contributed by atoms with E-state index in [0.717, 1.165) is 18.8 Å². The first-order chi connectivity index (χ1) is 12.7. The van der Waals surface area contributed by atoms with Crippen LogP contribution >= 0.6 is 0 Å². The molecule has 1 fully saturated rings. The minimum absolute atomic E-state index is 0.263. The lowest BCUT2D eigenvalue weighted by atomic mass is 9.89. The van der Waals surface area contributed by atoms with Crippen LogP contribution in [0.15, 0.2) is 0 Å². The Hall–Kier alpha value is -0.530. The van der Waals surface area contributed by atoms with E-state index in [9.17, 15) is 4.79 Å². The molecule has 0 bridgehead atoms. The predicted octanol–water partition coefficient (Wildman–Crippen LogP) is 7.41. The molecular weight excluding hydrogens is 318 g/mol. The summed E-state index contributed by atoms with van der Waals surface area (Å²) in [5, 5.41) is 3.40. The Kier molecular flexibility index (Phi) is 14.0. The van der Waals surface area contributed by atoms with Crippen LogP contribution in [0, 0.1) is 11.8 Å². The second kappa shape index (κ2) is 15.5. The lowest BCUT2D eigenvalue weighted by molar-refractivity contribution is -0.126. The summed E-state index contributed by atoms with van der Waals surface area (Å²) in [6.45, 7) is 6.88. The summed E-state index contributed by atoms with van der Waals surface area (Å²) >= 11 is 0. The molecule has 0 spiro atoms. The zero-order valence-corrected chi connectivity index (χ0v) is 18.2. The first-order valence-electron chi connectivity index (χ1n) is 12.0. The number of hydrogen-bond donors (Lipinski definition) is 1. The van der Waals surface area contributed by atoms with Gasteiger partial charge < -0.3 is 5.32 Å². The van der Waals surface area contributed by atoms with Crippen molar-refractivity contribution in [1.82, 2.24) is 5.32 Å². The number of amides is 1. The van der Waals surface area contributed by atoms with Gasteiger partial charge in [0.2, 0.25) is 5.91 Å². The fourth-order valence-electron chi connectivity index (χ4n) is 4.48. The summed E-state index contributed by atoms with van der Waals surface area (Å²) in [5.74, 6) is 1.54. The van der Waals surface area contributed by atoms with Crippen molar-refractivity contribution in [3.63, 3.8) is 0 Å². The first-order valence-corrected chi connectivity index (χ1v) is 12.0. The molecule has 0 aromatic rings. The molecule has 2 nitrogen and oxygen atoms in total.